The van der Waals surface area contributed by atoms with E-state index in [-0.39, 0.29) is 5.54 Å². The molecule has 1 aliphatic rings. The smallest absolute Gasteiger partial charge is 0.229 e. The van der Waals surface area contributed by atoms with E-state index in [0.29, 0.717) is 0 Å². The molecule has 0 unspecified atom stereocenters. The summed E-state index contributed by atoms with van der Waals surface area (Å²) in [5.41, 5.74) is 6.11. The van der Waals surface area contributed by atoms with Crippen LogP contribution in [0.1, 0.15) is 17.7 Å². The van der Waals surface area contributed by atoms with Gasteiger partial charge in [-0.05, 0) is 12.8 Å². The van der Waals surface area contributed by atoms with Gasteiger partial charge < -0.3 is 15.4 Å². The lowest BCUT2D eigenvalue weighted by Gasteiger charge is -2.06. The molecule has 0 atom stereocenters. The molecule has 2 rings (SSSR count). The number of anilines is 1. The van der Waals surface area contributed by atoms with E-state index in [2.05, 4.69) is 4.98 Å². The first kappa shape index (κ1) is 10.7. The molecule has 84 valence electrons. The van der Waals surface area contributed by atoms with E-state index in [1.54, 1.807) is 18.4 Å². The lowest BCUT2D eigenvalue weighted by molar-refractivity contribution is 0.394. The zero-order valence-electron chi connectivity index (χ0n) is 9.41. The second kappa shape index (κ2) is 3.64. The highest BCUT2D eigenvalue weighted by Crippen LogP contribution is 2.41. The number of nitrogens with two attached hydrogens (primary N) is 1. The highest BCUT2D eigenvalue weighted by molar-refractivity contribution is 7.15. The van der Waals surface area contributed by atoms with E-state index >= 15 is 0 Å². The van der Waals surface area contributed by atoms with Crippen molar-refractivity contribution in [2.24, 2.45) is 5.73 Å². The maximum Gasteiger partial charge on any atom is 0.229 e. The Morgan fingerprint density at radius 3 is 2.67 bits per heavy atom. The van der Waals surface area contributed by atoms with Crippen LogP contribution < -0.4 is 15.4 Å². The maximum atomic E-state index is 6.10. The van der Waals surface area contributed by atoms with E-state index < -0.39 is 0 Å². The van der Waals surface area contributed by atoms with Crippen molar-refractivity contribution < 1.29 is 4.74 Å². The summed E-state index contributed by atoms with van der Waals surface area (Å²) in [6, 6.07) is 0. The molecule has 0 amide bonds. The van der Waals surface area contributed by atoms with E-state index in [1.165, 1.54) is 4.88 Å². The predicted octanol–water partition coefficient (Wildman–Crippen LogP) is 1.25. The summed E-state index contributed by atoms with van der Waals surface area (Å²) >= 11 is 1.67. The molecule has 0 bridgehead atoms. The second-order valence-corrected chi connectivity index (χ2v) is 5.42. The second-order valence-electron chi connectivity index (χ2n) is 4.36. The topological polar surface area (TPSA) is 51.4 Å². The minimum absolute atomic E-state index is 0.0173. The van der Waals surface area contributed by atoms with Crippen molar-refractivity contribution in [1.82, 2.24) is 4.98 Å². The summed E-state index contributed by atoms with van der Waals surface area (Å²) in [7, 11) is 5.63. The summed E-state index contributed by atoms with van der Waals surface area (Å²) in [4.78, 5) is 7.57. The minimum Gasteiger partial charge on any atom is -0.480 e. The summed E-state index contributed by atoms with van der Waals surface area (Å²) in [6.45, 7) is 0. The first-order valence-electron chi connectivity index (χ1n) is 5.04. The van der Waals surface area contributed by atoms with Gasteiger partial charge in [0.15, 0.2) is 5.13 Å². The Morgan fingerprint density at radius 2 is 2.20 bits per heavy atom. The minimum atomic E-state index is 0.0173. The van der Waals surface area contributed by atoms with E-state index in [9.17, 15) is 0 Å². The zero-order valence-corrected chi connectivity index (χ0v) is 10.2. The summed E-state index contributed by atoms with van der Waals surface area (Å²) < 4.78 is 5.27. The third kappa shape index (κ3) is 2.23. The van der Waals surface area contributed by atoms with Crippen LogP contribution >= 0.6 is 11.3 Å². The molecular formula is C10H17N3OS. The quantitative estimate of drug-likeness (QED) is 0.841. The number of aromatic nitrogens is 1. The SMILES string of the molecule is COc1nc(N(C)C)sc1CC1(N)CC1. The van der Waals surface area contributed by atoms with Gasteiger partial charge in [-0.25, -0.2) is 0 Å². The molecule has 1 fully saturated rings. The number of rotatable bonds is 4. The average molecular weight is 227 g/mol. The van der Waals surface area contributed by atoms with Crippen molar-refractivity contribution in [3.8, 4) is 5.88 Å². The Bertz CT molecular complexity index is 358. The van der Waals surface area contributed by atoms with Crippen LogP contribution in [0.15, 0.2) is 0 Å². The van der Waals surface area contributed by atoms with Crippen molar-refractivity contribution in [3.63, 3.8) is 0 Å². The Hall–Kier alpha value is -0.810. The summed E-state index contributed by atoms with van der Waals surface area (Å²) in [5.74, 6) is 0.737. The molecule has 1 heterocycles. The molecule has 1 aromatic rings. The Labute approximate surface area is 94.1 Å². The molecule has 5 heteroatoms. The molecule has 0 radical (unpaired) electrons. The normalized spacial score (nSPS) is 17.6. The van der Waals surface area contributed by atoms with Crippen molar-refractivity contribution in [2.45, 2.75) is 24.8 Å². The molecule has 0 aliphatic heterocycles. The van der Waals surface area contributed by atoms with Gasteiger partial charge >= 0.3 is 0 Å². The first-order chi connectivity index (χ1) is 7.04. The van der Waals surface area contributed by atoms with Crippen LogP contribution in [-0.2, 0) is 6.42 Å². The molecule has 0 saturated heterocycles. The monoisotopic (exact) mass is 227 g/mol. The molecule has 1 aromatic heterocycles. The van der Waals surface area contributed by atoms with Crippen LogP contribution in [0.4, 0.5) is 5.13 Å². The molecular weight excluding hydrogens is 210 g/mol. The van der Waals surface area contributed by atoms with Crippen LogP contribution in [0.3, 0.4) is 0 Å². The number of hydrogen-bond donors (Lipinski definition) is 1. The number of thiazole rings is 1. The van der Waals surface area contributed by atoms with Crippen LogP contribution in [0, 0.1) is 0 Å². The lowest BCUT2D eigenvalue weighted by Crippen LogP contribution is -2.24. The fourth-order valence-electron chi connectivity index (χ4n) is 1.45. The van der Waals surface area contributed by atoms with E-state index in [1.807, 2.05) is 19.0 Å². The van der Waals surface area contributed by atoms with Crippen LogP contribution in [0.5, 0.6) is 5.88 Å². The van der Waals surface area contributed by atoms with Gasteiger partial charge in [-0.15, -0.1) is 0 Å². The number of nitrogens with zero attached hydrogens (tertiary/aromatic N) is 2. The summed E-state index contributed by atoms with van der Waals surface area (Å²) in [5, 5.41) is 0.978. The van der Waals surface area contributed by atoms with Crippen LogP contribution in [0.25, 0.3) is 0 Å². The van der Waals surface area contributed by atoms with Crippen molar-refractivity contribution in [3.05, 3.63) is 4.88 Å². The van der Waals surface area contributed by atoms with Crippen molar-refractivity contribution in [1.29, 1.82) is 0 Å². The third-order valence-corrected chi connectivity index (χ3v) is 3.84. The van der Waals surface area contributed by atoms with Gasteiger partial charge in [-0.3, -0.25) is 0 Å². The van der Waals surface area contributed by atoms with Crippen molar-refractivity contribution >= 4 is 16.5 Å². The Kier molecular flexibility index (Phi) is 2.60. The Balaban J connectivity index is 2.20. The highest BCUT2D eigenvalue weighted by Gasteiger charge is 2.39. The van der Waals surface area contributed by atoms with Gasteiger partial charge in [-0.2, -0.15) is 4.98 Å². The average Bonchev–Trinajstić information content (AvgIpc) is 2.77. The fraction of sp³-hybridized carbons (Fsp3) is 0.700. The standard InChI is InChI=1S/C10H17N3OS/c1-13(2)9-12-8(14-3)7(15-9)6-10(11)4-5-10/h4-6,11H2,1-3H3. The molecule has 4 nitrogen and oxygen atoms in total. The first-order valence-corrected chi connectivity index (χ1v) is 5.86. The number of hydrogen-bond acceptors (Lipinski definition) is 5. The number of methoxy groups -OCH3 is 1. The van der Waals surface area contributed by atoms with Gasteiger partial charge in [-0.1, -0.05) is 11.3 Å². The summed E-state index contributed by atoms with van der Waals surface area (Å²) in [6.07, 6.45) is 3.12. The third-order valence-electron chi connectivity index (χ3n) is 2.63. The molecule has 15 heavy (non-hydrogen) atoms. The highest BCUT2D eigenvalue weighted by atomic mass is 32.1. The molecule has 2 N–H and O–H groups in total. The van der Waals surface area contributed by atoms with Crippen LogP contribution in [0.2, 0.25) is 0 Å². The molecule has 1 saturated carbocycles. The molecule has 0 aromatic carbocycles. The largest absolute Gasteiger partial charge is 0.480 e. The maximum absolute atomic E-state index is 6.10. The van der Waals surface area contributed by atoms with Crippen LogP contribution in [-0.4, -0.2) is 31.7 Å². The lowest BCUT2D eigenvalue weighted by atomic mass is 10.2. The fourth-order valence-corrected chi connectivity index (χ4v) is 2.55. The predicted molar refractivity (Wildman–Crippen MR) is 62.8 cm³/mol. The zero-order chi connectivity index (χ0) is 11.1. The van der Waals surface area contributed by atoms with Gasteiger partial charge in [0.2, 0.25) is 5.88 Å². The number of ether oxygens (including phenoxy) is 1. The van der Waals surface area contributed by atoms with E-state index in [4.69, 9.17) is 10.5 Å². The van der Waals surface area contributed by atoms with Gasteiger partial charge in [0, 0.05) is 26.1 Å². The van der Waals surface area contributed by atoms with Gasteiger partial charge in [0.25, 0.3) is 0 Å². The van der Waals surface area contributed by atoms with Crippen molar-refractivity contribution in [2.75, 3.05) is 26.1 Å². The van der Waals surface area contributed by atoms with E-state index in [0.717, 1.165) is 30.3 Å². The molecule has 0 spiro atoms. The molecule has 1 aliphatic carbocycles. The van der Waals surface area contributed by atoms with Gasteiger partial charge in [0.1, 0.15) is 0 Å². The van der Waals surface area contributed by atoms with Gasteiger partial charge in [0.05, 0.1) is 12.0 Å². The Morgan fingerprint density at radius 1 is 1.53 bits per heavy atom.